The molecule has 7 heteroatoms. The number of nitrogens with one attached hydrogen (secondary N) is 1. The monoisotopic (exact) mass is 440 g/mol. The SMILES string of the molecule is CCOc1cc(/C=N/NC(=O)C(O)c2ccccc2)cc(I)c1O. The lowest BCUT2D eigenvalue weighted by molar-refractivity contribution is -0.129. The van der Waals surface area contributed by atoms with Crippen LogP contribution in [-0.4, -0.2) is 28.9 Å². The van der Waals surface area contributed by atoms with Crippen LogP contribution in [0.1, 0.15) is 24.2 Å². The molecule has 2 aromatic rings. The van der Waals surface area contributed by atoms with Crippen LogP contribution in [0.2, 0.25) is 0 Å². The number of halogens is 1. The third-order valence-electron chi connectivity index (χ3n) is 3.10. The van der Waals surface area contributed by atoms with E-state index in [-0.39, 0.29) is 5.75 Å². The number of benzene rings is 2. The van der Waals surface area contributed by atoms with Crippen LogP contribution in [0.5, 0.6) is 11.5 Å². The molecule has 0 aliphatic carbocycles. The summed E-state index contributed by atoms with van der Waals surface area (Å²) in [6, 6.07) is 11.9. The smallest absolute Gasteiger partial charge is 0.273 e. The molecule has 0 radical (unpaired) electrons. The molecule has 24 heavy (non-hydrogen) atoms. The van der Waals surface area contributed by atoms with Crippen LogP contribution in [0.4, 0.5) is 0 Å². The normalized spacial score (nSPS) is 12.1. The van der Waals surface area contributed by atoms with Gasteiger partial charge in [-0.25, -0.2) is 5.43 Å². The molecular weight excluding hydrogens is 423 g/mol. The van der Waals surface area contributed by atoms with Crippen LogP contribution >= 0.6 is 22.6 Å². The quantitative estimate of drug-likeness (QED) is 0.366. The molecule has 0 spiro atoms. The van der Waals surface area contributed by atoms with Crippen molar-refractivity contribution >= 4 is 34.7 Å². The van der Waals surface area contributed by atoms with Gasteiger partial charge in [0.05, 0.1) is 16.4 Å². The number of phenols is 1. The van der Waals surface area contributed by atoms with E-state index < -0.39 is 12.0 Å². The zero-order chi connectivity index (χ0) is 17.5. The Hall–Kier alpha value is -2.13. The second-order valence-electron chi connectivity index (χ2n) is 4.83. The first-order valence-electron chi connectivity index (χ1n) is 7.24. The number of aromatic hydroxyl groups is 1. The Morgan fingerprint density at radius 2 is 2.08 bits per heavy atom. The number of carbonyl (C=O) groups excluding carboxylic acids is 1. The predicted octanol–water partition coefficient (Wildman–Crippen LogP) is 2.58. The van der Waals surface area contributed by atoms with Crippen molar-refractivity contribution in [3.63, 3.8) is 0 Å². The van der Waals surface area contributed by atoms with Gasteiger partial charge in [-0.1, -0.05) is 30.3 Å². The molecule has 1 amide bonds. The number of rotatable bonds is 6. The first-order valence-corrected chi connectivity index (χ1v) is 8.32. The van der Waals surface area contributed by atoms with Gasteiger partial charge < -0.3 is 14.9 Å². The molecule has 2 rings (SSSR count). The summed E-state index contributed by atoms with van der Waals surface area (Å²) in [5, 5.41) is 23.7. The fraction of sp³-hybridized carbons (Fsp3) is 0.176. The van der Waals surface area contributed by atoms with E-state index in [9.17, 15) is 15.0 Å². The average Bonchev–Trinajstić information content (AvgIpc) is 2.59. The molecule has 0 aliphatic heterocycles. The second kappa shape index (κ2) is 8.65. The lowest BCUT2D eigenvalue weighted by Gasteiger charge is -2.09. The number of carbonyl (C=O) groups is 1. The van der Waals surface area contributed by atoms with Crippen molar-refractivity contribution in [3.8, 4) is 11.5 Å². The maximum absolute atomic E-state index is 11.9. The van der Waals surface area contributed by atoms with Crippen molar-refractivity contribution in [1.82, 2.24) is 5.43 Å². The number of ether oxygens (including phenoxy) is 1. The van der Waals surface area contributed by atoms with Crippen LogP contribution in [0.15, 0.2) is 47.6 Å². The predicted molar refractivity (Wildman–Crippen MR) is 99.1 cm³/mol. The van der Waals surface area contributed by atoms with Crippen LogP contribution in [0.3, 0.4) is 0 Å². The lowest BCUT2D eigenvalue weighted by atomic mass is 10.1. The summed E-state index contributed by atoms with van der Waals surface area (Å²) in [6.45, 7) is 2.24. The number of aliphatic hydroxyl groups is 1. The summed E-state index contributed by atoms with van der Waals surface area (Å²) in [5.74, 6) is -0.212. The van der Waals surface area contributed by atoms with E-state index in [2.05, 4.69) is 10.5 Å². The van der Waals surface area contributed by atoms with Gasteiger partial charge in [-0.05, 0) is 52.8 Å². The minimum atomic E-state index is -1.29. The molecule has 0 fully saturated rings. The number of hydrazone groups is 1. The standard InChI is InChI=1S/C17H17IN2O4/c1-2-24-14-9-11(8-13(18)16(14)22)10-19-20-17(23)15(21)12-6-4-3-5-7-12/h3-10,15,21-22H,2H2,1H3,(H,20,23)/b19-10+. The molecule has 1 atom stereocenters. The van der Waals surface area contributed by atoms with Crippen molar-refractivity contribution < 1.29 is 19.7 Å². The van der Waals surface area contributed by atoms with Gasteiger partial charge in [0.2, 0.25) is 0 Å². The fourth-order valence-electron chi connectivity index (χ4n) is 1.95. The number of amides is 1. The maximum atomic E-state index is 11.9. The Morgan fingerprint density at radius 1 is 1.38 bits per heavy atom. The van der Waals surface area contributed by atoms with Gasteiger partial charge in [-0.3, -0.25) is 4.79 Å². The Bertz CT molecular complexity index is 735. The van der Waals surface area contributed by atoms with Crippen LogP contribution in [0, 0.1) is 3.57 Å². The van der Waals surface area contributed by atoms with Gasteiger partial charge in [0.15, 0.2) is 17.6 Å². The van der Waals surface area contributed by atoms with E-state index >= 15 is 0 Å². The topological polar surface area (TPSA) is 91.2 Å². The molecule has 0 heterocycles. The molecule has 0 aromatic heterocycles. The van der Waals surface area contributed by atoms with Gasteiger partial charge in [-0.15, -0.1) is 0 Å². The fourth-order valence-corrected chi connectivity index (χ4v) is 2.58. The average molecular weight is 440 g/mol. The first kappa shape index (κ1) is 18.2. The Labute approximate surface area is 153 Å². The van der Waals surface area contributed by atoms with Crippen LogP contribution < -0.4 is 10.2 Å². The number of aliphatic hydroxyl groups excluding tert-OH is 1. The highest BCUT2D eigenvalue weighted by Gasteiger charge is 2.16. The second-order valence-corrected chi connectivity index (χ2v) is 5.99. The molecule has 6 nitrogen and oxygen atoms in total. The summed E-state index contributed by atoms with van der Waals surface area (Å²) in [5.41, 5.74) is 3.43. The van der Waals surface area contributed by atoms with Gasteiger partial charge in [0.25, 0.3) is 5.91 Å². The molecule has 3 N–H and O–H groups in total. The van der Waals surface area contributed by atoms with E-state index in [1.54, 1.807) is 42.5 Å². The first-order chi connectivity index (χ1) is 11.5. The van der Waals surface area contributed by atoms with E-state index in [0.29, 0.717) is 27.1 Å². The molecule has 0 bridgehead atoms. The highest BCUT2D eigenvalue weighted by atomic mass is 127. The maximum Gasteiger partial charge on any atom is 0.273 e. The highest BCUT2D eigenvalue weighted by molar-refractivity contribution is 14.1. The van der Waals surface area contributed by atoms with E-state index in [0.717, 1.165) is 0 Å². The Morgan fingerprint density at radius 3 is 2.75 bits per heavy atom. The van der Waals surface area contributed by atoms with Crippen LogP contribution in [0.25, 0.3) is 0 Å². The van der Waals surface area contributed by atoms with Crippen molar-refractivity contribution in [3.05, 3.63) is 57.2 Å². The van der Waals surface area contributed by atoms with Crippen molar-refractivity contribution in [1.29, 1.82) is 0 Å². The van der Waals surface area contributed by atoms with Gasteiger partial charge in [0.1, 0.15) is 0 Å². The van der Waals surface area contributed by atoms with Gasteiger partial charge >= 0.3 is 0 Å². The number of hydrogen-bond acceptors (Lipinski definition) is 5. The zero-order valence-corrected chi connectivity index (χ0v) is 15.1. The third kappa shape index (κ3) is 4.68. The van der Waals surface area contributed by atoms with E-state index in [4.69, 9.17) is 4.74 Å². The molecule has 2 aromatic carbocycles. The van der Waals surface area contributed by atoms with Crippen LogP contribution in [-0.2, 0) is 4.79 Å². The summed E-state index contributed by atoms with van der Waals surface area (Å²) in [6.07, 6.45) is 0.127. The number of hydrogen-bond donors (Lipinski definition) is 3. The van der Waals surface area contributed by atoms with Crippen molar-refractivity contribution in [2.75, 3.05) is 6.61 Å². The summed E-state index contributed by atoms with van der Waals surface area (Å²) < 4.78 is 5.94. The molecule has 1 unspecified atom stereocenters. The summed E-state index contributed by atoms with van der Waals surface area (Å²) in [7, 11) is 0. The van der Waals surface area contributed by atoms with Gasteiger partial charge in [-0.2, -0.15) is 5.10 Å². The molecule has 0 saturated heterocycles. The lowest BCUT2D eigenvalue weighted by Crippen LogP contribution is -2.25. The third-order valence-corrected chi connectivity index (χ3v) is 3.92. The molecular formula is C17H17IN2O4. The number of phenolic OH excluding ortho intramolecular Hbond substituents is 1. The number of nitrogens with zero attached hydrogens (tertiary/aromatic N) is 1. The molecule has 0 saturated carbocycles. The van der Waals surface area contributed by atoms with E-state index in [1.807, 2.05) is 29.5 Å². The van der Waals surface area contributed by atoms with E-state index in [1.165, 1.54) is 6.21 Å². The largest absolute Gasteiger partial charge is 0.504 e. The molecule has 0 aliphatic rings. The van der Waals surface area contributed by atoms with Crippen molar-refractivity contribution in [2.24, 2.45) is 5.10 Å². The highest BCUT2D eigenvalue weighted by Crippen LogP contribution is 2.32. The van der Waals surface area contributed by atoms with Gasteiger partial charge in [0, 0.05) is 0 Å². The summed E-state index contributed by atoms with van der Waals surface area (Å²) in [4.78, 5) is 11.9. The zero-order valence-electron chi connectivity index (χ0n) is 12.9. The summed E-state index contributed by atoms with van der Waals surface area (Å²) >= 11 is 1.98. The van der Waals surface area contributed by atoms with Crippen molar-refractivity contribution in [2.45, 2.75) is 13.0 Å². The molecule has 126 valence electrons. The minimum Gasteiger partial charge on any atom is -0.504 e. The Kier molecular flexibility index (Phi) is 6.56. The minimum absolute atomic E-state index is 0.0677. The Balaban J connectivity index is 2.05.